The highest BCUT2D eigenvalue weighted by Crippen LogP contribution is 2.26. The van der Waals surface area contributed by atoms with Crippen LogP contribution in [0, 0.1) is 5.82 Å². The van der Waals surface area contributed by atoms with Crippen LogP contribution in [0.4, 0.5) is 10.1 Å². The number of nitrogen functional groups attached to an aromatic ring is 1. The Morgan fingerprint density at radius 2 is 1.78 bits per heavy atom. The molecule has 2 aromatic carbocycles. The molecule has 0 atom stereocenters. The van der Waals surface area contributed by atoms with Crippen molar-refractivity contribution >= 4 is 11.6 Å². The molecule has 0 aliphatic rings. The molecule has 0 saturated carbocycles. The van der Waals surface area contributed by atoms with Gasteiger partial charge in [-0.2, -0.15) is 0 Å². The van der Waals surface area contributed by atoms with E-state index in [1.165, 1.54) is 12.1 Å². The Bertz CT molecular complexity index is 582. The summed E-state index contributed by atoms with van der Waals surface area (Å²) < 4.78 is 18.5. The predicted octanol–water partition coefficient (Wildman–Crippen LogP) is 2.30. The van der Waals surface area contributed by atoms with Gasteiger partial charge in [-0.05, 0) is 42.5 Å². The van der Waals surface area contributed by atoms with E-state index in [2.05, 4.69) is 0 Å². The number of hydrogen-bond acceptors (Lipinski definition) is 3. The Morgan fingerprint density at radius 3 is 2.39 bits per heavy atom. The molecule has 2 rings (SSSR count). The summed E-state index contributed by atoms with van der Waals surface area (Å²) in [5.41, 5.74) is 11.3. The zero-order chi connectivity index (χ0) is 13.1. The fraction of sp³-hybridized carbons (Fsp3) is 0. The molecule has 0 spiro atoms. The summed E-state index contributed by atoms with van der Waals surface area (Å²) in [6, 6.07) is 10.2. The molecule has 5 heteroatoms. The highest BCUT2D eigenvalue weighted by molar-refractivity contribution is 5.95. The van der Waals surface area contributed by atoms with Gasteiger partial charge in [0, 0.05) is 5.69 Å². The first-order chi connectivity index (χ1) is 8.56. The number of ether oxygens (including phenoxy) is 1. The molecule has 0 radical (unpaired) electrons. The Morgan fingerprint density at radius 1 is 1.11 bits per heavy atom. The van der Waals surface area contributed by atoms with Crippen LogP contribution < -0.4 is 16.2 Å². The average Bonchev–Trinajstić information content (AvgIpc) is 2.34. The van der Waals surface area contributed by atoms with Crippen LogP contribution in [0.25, 0.3) is 0 Å². The third kappa shape index (κ3) is 2.57. The number of carbonyl (C=O) groups excluding carboxylic acids is 1. The molecule has 0 fully saturated rings. The molecular formula is C13H11FN2O2. The maximum absolute atomic E-state index is 13.0. The second-order valence-corrected chi connectivity index (χ2v) is 3.68. The number of rotatable bonds is 3. The maximum atomic E-state index is 13.0. The molecule has 4 N–H and O–H groups in total. The van der Waals surface area contributed by atoms with Crippen molar-refractivity contribution in [2.24, 2.45) is 5.73 Å². The Labute approximate surface area is 103 Å². The van der Waals surface area contributed by atoms with Crippen LogP contribution in [0.3, 0.4) is 0 Å². The summed E-state index contributed by atoms with van der Waals surface area (Å²) in [6.07, 6.45) is 0. The van der Waals surface area contributed by atoms with Crippen molar-refractivity contribution in [3.8, 4) is 11.5 Å². The lowest BCUT2D eigenvalue weighted by Crippen LogP contribution is -2.12. The Balaban J connectivity index is 2.34. The Hall–Kier alpha value is -2.56. The van der Waals surface area contributed by atoms with Gasteiger partial charge < -0.3 is 16.2 Å². The van der Waals surface area contributed by atoms with Crippen LogP contribution in [0.1, 0.15) is 10.4 Å². The van der Waals surface area contributed by atoms with Crippen LogP contribution in [0.15, 0.2) is 42.5 Å². The highest BCUT2D eigenvalue weighted by Gasteiger charge is 2.11. The van der Waals surface area contributed by atoms with Crippen LogP contribution in [-0.4, -0.2) is 5.91 Å². The van der Waals surface area contributed by atoms with Crippen molar-refractivity contribution in [2.45, 2.75) is 0 Å². The highest BCUT2D eigenvalue weighted by atomic mass is 19.1. The molecule has 0 heterocycles. The van der Waals surface area contributed by atoms with Crippen molar-refractivity contribution in [3.05, 3.63) is 53.8 Å². The lowest BCUT2D eigenvalue weighted by Gasteiger charge is -2.09. The van der Waals surface area contributed by atoms with E-state index in [0.717, 1.165) is 6.07 Å². The summed E-state index contributed by atoms with van der Waals surface area (Å²) in [6.45, 7) is 0. The van der Waals surface area contributed by atoms with Gasteiger partial charge in [0.25, 0.3) is 5.91 Å². The molecule has 0 aromatic heterocycles. The fourth-order valence-corrected chi connectivity index (χ4v) is 1.45. The monoisotopic (exact) mass is 246 g/mol. The lowest BCUT2D eigenvalue weighted by atomic mass is 10.2. The molecule has 0 aliphatic heterocycles. The third-order valence-electron chi connectivity index (χ3n) is 2.31. The maximum Gasteiger partial charge on any atom is 0.252 e. The van der Waals surface area contributed by atoms with Crippen LogP contribution >= 0.6 is 0 Å². The molecule has 0 unspecified atom stereocenters. The molecular weight excluding hydrogens is 235 g/mol. The first-order valence-corrected chi connectivity index (χ1v) is 5.19. The second kappa shape index (κ2) is 4.75. The number of nitrogens with two attached hydrogens (primary N) is 2. The summed E-state index contributed by atoms with van der Waals surface area (Å²) in [5, 5.41) is 0. The largest absolute Gasteiger partial charge is 0.457 e. The van der Waals surface area contributed by atoms with Crippen molar-refractivity contribution in [3.63, 3.8) is 0 Å². The minimum atomic E-state index is -0.750. The summed E-state index contributed by atoms with van der Waals surface area (Å²) in [7, 11) is 0. The van der Waals surface area contributed by atoms with Crippen LogP contribution in [0.5, 0.6) is 11.5 Å². The first-order valence-electron chi connectivity index (χ1n) is 5.19. The second-order valence-electron chi connectivity index (χ2n) is 3.68. The summed E-state index contributed by atoms with van der Waals surface area (Å²) in [4.78, 5) is 11.2. The van der Waals surface area contributed by atoms with Crippen molar-refractivity contribution in [1.82, 2.24) is 0 Å². The van der Waals surface area contributed by atoms with Gasteiger partial charge in [0.2, 0.25) is 0 Å². The van der Waals surface area contributed by atoms with Gasteiger partial charge in [-0.1, -0.05) is 0 Å². The number of amides is 1. The molecule has 0 bridgehead atoms. The van der Waals surface area contributed by atoms with E-state index >= 15 is 0 Å². The van der Waals surface area contributed by atoms with Gasteiger partial charge in [-0.25, -0.2) is 4.39 Å². The smallest absolute Gasteiger partial charge is 0.252 e. The number of primary amides is 1. The number of anilines is 1. The normalized spacial score (nSPS) is 10.1. The number of hydrogen-bond donors (Lipinski definition) is 2. The van der Waals surface area contributed by atoms with Gasteiger partial charge in [0.05, 0.1) is 5.56 Å². The van der Waals surface area contributed by atoms with E-state index in [1.54, 1.807) is 24.3 Å². The van der Waals surface area contributed by atoms with Gasteiger partial charge >= 0.3 is 0 Å². The lowest BCUT2D eigenvalue weighted by molar-refractivity contribution is 0.0997. The molecule has 4 nitrogen and oxygen atoms in total. The van der Waals surface area contributed by atoms with E-state index in [0.29, 0.717) is 11.4 Å². The third-order valence-corrected chi connectivity index (χ3v) is 2.31. The first kappa shape index (κ1) is 11.9. The molecule has 2 aromatic rings. The average molecular weight is 246 g/mol. The number of benzene rings is 2. The van der Waals surface area contributed by atoms with E-state index in [4.69, 9.17) is 16.2 Å². The van der Waals surface area contributed by atoms with Crippen molar-refractivity contribution in [2.75, 3.05) is 5.73 Å². The van der Waals surface area contributed by atoms with Crippen molar-refractivity contribution < 1.29 is 13.9 Å². The minimum absolute atomic E-state index is 0.00757. The SMILES string of the molecule is NC(=O)c1cc(F)ccc1Oc1ccc(N)cc1. The number of carbonyl (C=O) groups is 1. The molecule has 1 amide bonds. The van der Waals surface area contributed by atoms with E-state index in [-0.39, 0.29) is 11.3 Å². The van der Waals surface area contributed by atoms with Gasteiger partial charge in [0.1, 0.15) is 17.3 Å². The minimum Gasteiger partial charge on any atom is -0.457 e. The van der Waals surface area contributed by atoms with Gasteiger partial charge in [-0.3, -0.25) is 4.79 Å². The van der Waals surface area contributed by atoms with Crippen LogP contribution in [0.2, 0.25) is 0 Å². The van der Waals surface area contributed by atoms with Gasteiger partial charge in [0.15, 0.2) is 0 Å². The summed E-state index contributed by atoms with van der Waals surface area (Å²) in [5.74, 6) is -0.611. The summed E-state index contributed by atoms with van der Waals surface area (Å²) >= 11 is 0. The van der Waals surface area contributed by atoms with E-state index in [9.17, 15) is 9.18 Å². The quantitative estimate of drug-likeness (QED) is 0.815. The van der Waals surface area contributed by atoms with E-state index in [1.807, 2.05) is 0 Å². The zero-order valence-electron chi connectivity index (χ0n) is 9.39. The fourth-order valence-electron chi connectivity index (χ4n) is 1.45. The Kier molecular flexibility index (Phi) is 3.14. The molecule has 92 valence electrons. The van der Waals surface area contributed by atoms with E-state index < -0.39 is 11.7 Å². The standard InChI is InChI=1S/C13H11FN2O2/c14-8-1-6-12(11(7-8)13(16)17)18-10-4-2-9(15)3-5-10/h1-7H,15H2,(H2,16,17). The molecule has 0 aliphatic carbocycles. The molecule has 0 saturated heterocycles. The number of halogens is 1. The van der Waals surface area contributed by atoms with Crippen LogP contribution in [-0.2, 0) is 0 Å². The zero-order valence-corrected chi connectivity index (χ0v) is 9.39. The van der Waals surface area contributed by atoms with Gasteiger partial charge in [-0.15, -0.1) is 0 Å². The molecule has 18 heavy (non-hydrogen) atoms. The predicted molar refractivity (Wildman–Crippen MR) is 65.8 cm³/mol. The topological polar surface area (TPSA) is 78.3 Å². The van der Waals surface area contributed by atoms with Crippen molar-refractivity contribution in [1.29, 1.82) is 0 Å².